The molecule has 0 fully saturated rings. The molecular formula is C14H20BrNO2. The first kappa shape index (κ1) is 15.2. The number of ether oxygens (including phenoxy) is 1. The van der Waals surface area contributed by atoms with Gasteiger partial charge in [-0.15, -0.1) is 0 Å². The lowest BCUT2D eigenvalue weighted by molar-refractivity contribution is -0.122. The van der Waals surface area contributed by atoms with E-state index >= 15 is 0 Å². The number of rotatable bonds is 8. The number of nitrogens with one attached hydrogen (secondary N) is 1. The number of carbonyl (C=O) groups excluding carboxylic acids is 1. The fraction of sp³-hybridized carbons (Fsp3) is 0.500. The number of alkyl halides is 1. The highest BCUT2D eigenvalue weighted by Crippen LogP contribution is 2.14. The molecule has 3 nitrogen and oxygen atoms in total. The van der Waals surface area contributed by atoms with Gasteiger partial charge in [-0.3, -0.25) is 4.79 Å². The van der Waals surface area contributed by atoms with E-state index in [2.05, 4.69) is 21.2 Å². The Morgan fingerprint density at radius 1 is 1.33 bits per heavy atom. The molecule has 0 aliphatic heterocycles. The van der Waals surface area contributed by atoms with Gasteiger partial charge in [0.1, 0.15) is 0 Å². The minimum absolute atomic E-state index is 0.0710. The molecule has 0 spiro atoms. The summed E-state index contributed by atoms with van der Waals surface area (Å²) >= 11 is 3.29. The number of hydrogen-bond acceptors (Lipinski definition) is 2. The van der Waals surface area contributed by atoms with Crippen LogP contribution in [0.4, 0.5) is 0 Å². The Bertz CT molecular complexity index is 343. The minimum atomic E-state index is -0.102. The van der Waals surface area contributed by atoms with Gasteiger partial charge in [0.15, 0.2) is 0 Å². The maximum Gasteiger partial charge on any atom is 0.227 e. The zero-order valence-electron chi connectivity index (χ0n) is 10.7. The van der Waals surface area contributed by atoms with Gasteiger partial charge in [0.25, 0.3) is 0 Å². The van der Waals surface area contributed by atoms with Crippen LogP contribution < -0.4 is 5.32 Å². The Morgan fingerprint density at radius 2 is 2.06 bits per heavy atom. The molecule has 0 aliphatic carbocycles. The van der Waals surface area contributed by atoms with Crippen LogP contribution in [0.25, 0.3) is 0 Å². The SMILES string of the molecule is CC(C(=O)NCCCOCCBr)c1ccccc1. The fourth-order valence-electron chi connectivity index (χ4n) is 1.59. The van der Waals surface area contributed by atoms with E-state index in [1.807, 2.05) is 37.3 Å². The quantitative estimate of drug-likeness (QED) is 0.592. The van der Waals surface area contributed by atoms with Crippen LogP contribution in [0.15, 0.2) is 30.3 Å². The van der Waals surface area contributed by atoms with Crippen molar-refractivity contribution in [2.24, 2.45) is 0 Å². The Morgan fingerprint density at radius 3 is 2.72 bits per heavy atom. The first-order chi connectivity index (χ1) is 8.75. The Labute approximate surface area is 117 Å². The number of carbonyl (C=O) groups is 1. The second kappa shape index (κ2) is 9.11. The monoisotopic (exact) mass is 313 g/mol. The molecule has 0 aliphatic rings. The average molecular weight is 314 g/mol. The van der Waals surface area contributed by atoms with Crippen LogP contribution in [0, 0.1) is 0 Å². The van der Waals surface area contributed by atoms with Crippen molar-refractivity contribution >= 4 is 21.8 Å². The van der Waals surface area contributed by atoms with Gasteiger partial charge in [-0.2, -0.15) is 0 Å². The summed E-state index contributed by atoms with van der Waals surface area (Å²) in [6, 6.07) is 9.81. The van der Waals surface area contributed by atoms with Gasteiger partial charge in [-0.25, -0.2) is 0 Å². The standard InChI is InChI=1S/C14H20BrNO2/c1-12(13-6-3-2-4-7-13)14(17)16-9-5-10-18-11-8-15/h2-4,6-7,12H,5,8-11H2,1H3,(H,16,17). The summed E-state index contributed by atoms with van der Waals surface area (Å²) in [6.07, 6.45) is 0.847. The molecular weight excluding hydrogens is 294 g/mol. The van der Waals surface area contributed by atoms with Crippen molar-refractivity contribution in [1.29, 1.82) is 0 Å². The highest BCUT2D eigenvalue weighted by molar-refractivity contribution is 9.09. The topological polar surface area (TPSA) is 38.3 Å². The molecule has 1 atom stereocenters. The van der Waals surface area contributed by atoms with E-state index in [1.54, 1.807) is 0 Å². The molecule has 0 radical (unpaired) electrons. The maximum atomic E-state index is 11.9. The van der Waals surface area contributed by atoms with Crippen LogP contribution in [0.1, 0.15) is 24.8 Å². The van der Waals surface area contributed by atoms with Gasteiger partial charge < -0.3 is 10.1 Å². The second-order valence-corrected chi connectivity index (χ2v) is 4.87. The highest BCUT2D eigenvalue weighted by atomic mass is 79.9. The van der Waals surface area contributed by atoms with E-state index in [0.717, 1.165) is 17.3 Å². The summed E-state index contributed by atoms with van der Waals surface area (Å²) in [7, 11) is 0. The molecule has 0 saturated heterocycles. The molecule has 1 aromatic carbocycles. The molecule has 0 aromatic heterocycles. The van der Waals surface area contributed by atoms with Crippen molar-refractivity contribution in [2.45, 2.75) is 19.3 Å². The van der Waals surface area contributed by atoms with E-state index in [-0.39, 0.29) is 11.8 Å². The van der Waals surface area contributed by atoms with Crippen molar-refractivity contribution in [3.05, 3.63) is 35.9 Å². The van der Waals surface area contributed by atoms with E-state index < -0.39 is 0 Å². The van der Waals surface area contributed by atoms with Crippen molar-refractivity contribution < 1.29 is 9.53 Å². The molecule has 18 heavy (non-hydrogen) atoms. The molecule has 0 heterocycles. The molecule has 0 bridgehead atoms. The number of amides is 1. The van der Waals surface area contributed by atoms with Gasteiger partial charge in [-0.05, 0) is 18.9 Å². The van der Waals surface area contributed by atoms with E-state index in [4.69, 9.17) is 4.74 Å². The van der Waals surface area contributed by atoms with Gasteiger partial charge in [0, 0.05) is 18.5 Å². The predicted octanol–water partition coefficient (Wildman–Crippen LogP) is 2.71. The second-order valence-electron chi connectivity index (χ2n) is 4.08. The van der Waals surface area contributed by atoms with Crippen molar-refractivity contribution in [1.82, 2.24) is 5.32 Å². The zero-order chi connectivity index (χ0) is 13.2. The maximum absolute atomic E-state index is 11.9. The zero-order valence-corrected chi connectivity index (χ0v) is 12.3. The van der Waals surface area contributed by atoms with Crippen LogP contribution >= 0.6 is 15.9 Å². The summed E-state index contributed by atoms with van der Waals surface area (Å²) in [4.78, 5) is 11.9. The molecule has 1 N–H and O–H groups in total. The lowest BCUT2D eigenvalue weighted by atomic mass is 10.0. The largest absolute Gasteiger partial charge is 0.381 e. The third-order valence-corrected chi connectivity index (χ3v) is 3.00. The summed E-state index contributed by atoms with van der Waals surface area (Å²) < 4.78 is 5.31. The lowest BCUT2D eigenvalue weighted by Gasteiger charge is -2.12. The third-order valence-electron chi connectivity index (χ3n) is 2.68. The predicted molar refractivity (Wildman–Crippen MR) is 77.1 cm³/mol. The van der Waals surface area contributed by atoms with Crippen molar-refractivity contribution in [3.63, 3.8) is 0 Å². The van der Waals surface area contributed by atoms with Crippen LogP contribution in [-0.4, -0.2) is 31.0 Å². The van der Waals surface area contributed by atoms with Gasteiger partial charge in [0.05, 0.1) is 12.5 Å². The number of benzene rings is 1. The number of halogens is 1. The Balaban J connectivity index is 2.20. The van der Waals surface area contributed by atoms with Gasteiger partial charge in [-0.1, -0.05) is 46.3 Å². The first-order valence-corrected chi connectivity index (χ1v) is 7.34. The smallest absolute Gasteiger partial charge is 0.227 e. The summed E-state index contributed by atoms with van der Waals surface area (Å²) in [5, 5.41) is 3.78. The highest BCUT2D eigenvalue weighted by Gasteiger charge is 2.13. The van der Waals surface area contributed by atoms with Crippen LogP contribution in [0.5, 0.6) is 0 Å². The molecule has 1 amide bonds. The van der Waals surface area contributed by atoms with Crippen LogP contribution in [-0.2, 0) is 9.53 Å². The van der Waals surface area contributed by atoms with Crippen molar-refractivity contribution in [3.8, 4) is 0 Å². The molecule has 1 aromatic rings. The molecule has 0 saturated carbocycles. The molecule has 4 heteroatoms. The van der Waals surface area contributed by atoms with Gasteiger partial charge >= 0.3 is 0 Å². The molecule has 1 rings (SSSR count). The third kappa shape index (κ3) is 5.65. The number of hydrogen-bond donors (Lipinski definition) is 1. The summed E-state index contributed by atoms with van der Waals surface area (Å²) in [5.74, 6) is -0.0312. The summed E-state index contributed by atoms with van der Waals surface area (Å²) in [5.41, 5.74) is 1.05. The van der Waals surface area contributed by atoms with E-state index in [1.165, 1.54) is 0 Å². The van der Waals surface area contributed by atoms with E-state index in [0.29, 0.717) is 19.8 Å². The molecule has 1 unspecified atom stereocenters. The first-order valence-electron chi connectivity index (χ1n) is 6.22. The normalized spacial score (nSPS) is 12.1. The lowest BCUT2D eigenvalue weighted by Crippen LogP contribution is -2.29. The minimum Gasteiger partial charge on any atom is -0.381 e. The van der Waals surface area contributed by atoms with E-state index in [9.17, 15) is 4.79 Å². The van der Waals surface area contributed by atoms with Gasteiger partial charge in [0.2, 0.25) is 5.91 Å². The Kier molecular flexibility index (Phi) is 7.69. The molecule has 100 valence electrons. The van der Waals surface area contributed by atoms with Crippen LogP contribution in [0.3, 0.4) is 0 Å². The van der Waals surface area contributed by atoms with Crippen molar-refractivity contribution in [2.75, 3.05) is 25.1 Å². The average Bonchev–Trinajstić information content (AvgIpc) is 2.42. The van der Waals surface area contributed by atoms with Crippen LogP contribution in [0.2, 0.25) is 0 Å². The Hall–Kier alpha value is -0.870. The fourth-order valence-corrected chi connectivity index (χ4v) is 1.82. The summed E-state index contributed by atoms with van der Waals surface area (Å²) in [6.45, 7) is 3.99.